The first-order chi connectivity index (χ1) is 25.3. The first-order valence-electron chi connectivity index (χ1n) is 17.5. The van der Waals surface area contributed by atoms with Crippen molar-refractivity contribution in [3.63, 3.8) is 0 Å². The number of rotatable bonds is 4. The number of benzene rings is 8. The Bertz CT molecular complexity index is 3110. The topological polar surface area (TPSA) is 14.8 Å². The van der Waals surface area contributed by atoms with Gasteiger partial charge in [-0.05, 0) is 77.9 Å². The number of para-hydroxylation sites is 5. The second kappa shape index (κ2) is 10.8. The Morgan fingerprint density at radius 3 is 1.39 bits per heavy atom. The van der Waals surface area contributed by atoms with Crippen molar-refractivity contribution in [3.05, 3.63) is 188 Å². The predicted molar refractivity (Wildman–Crippen MR) is 215 cm³/mol. The summed E-state index contributed by atoms with van der Waals surface area (Å²) in [7, 11) is 0. The van der Waals surface area contributed by atoms with E-state index >= 15 is 0 Å². The maximum atomic E-state index is 2.44. The van der Waals surface area contributed by atoms with Crippen molar-refractivity contribution in [1.29, 1.82) is 0 Å². The molecular formula is C48H31N3. The zero-order valence-electron chi connectivity index (χ0n) is 27.7. The van der Waals surface area contributed by atoms with Gasteiger partial charge in [0.1, 0.15) is 0 Å². The normalized spacial score (nSPS) is 11.9. The number of aromatic nitrogens is 3. The third-order valence-corrected chi connectivity index (χ3v) is 10.6. The molecule has 0 fully saturated rings. The van der Waals surface area contributed by atoms with Gasteiger partial charge in [0.25, 0.3) is 0 Å². The maximum absolute atomic E-state index is 2.44. The van der Waals surface area contributed by atoms with Crippen LogP contribution >= 0.6 is 0 Å². The van der Waals surface area contributed by atoms with Crippen LogP contribution in [-0.4, -0.2) is 13.7 Å². The molecular weight excluding hydrogens is 619 g/mol. The summed E-state index contributed by atoms with van der Waals surface area (Å²) in [4.78, 5) is 0. The Balaban J connectivity index is 1.11. The highest BCUT2D eigenvalue weighted by atomic mass is 15.0. The van der Waals surface area contributed by atoms with Crippen molar-refractivity contribution in [2.45, 2.75) is 0 Å². The van der Waals surface area contributed by atoms with Gasteiger partial charge in [0.05, 0.1) is 33.1 Å². The molecule has 51 heavy (non-hydrogen) atoms. The van der Waals surface area contributed by atoms with Crippen molar-refractivity contribution < 1.29 is 0 Å². The summed E-state index contributed by atoms with van der Waals surface area (Å²) in [6.45, 7) is 0. The average molecular weight is 650 g/mol. The number of hydrogen-bond donors (Lipinski definition) is 0. The van der Waals surface area contributed by atoms with Crippen LogP contribution in [0.15, 0.2) is 188 Å². The van der Waals surface area contributed by atoms with Crippen LogP contribution in [0, 0.1) is 0 Å². The second-order valence-electron chi connectivity index (χ2n) is 13.4. The summed E-state index contributed by atoms with van der Waals surface area (Å²) in [5, 5.41) is 7.59. The molecule has 0 N–H and O–H groups in total. The lowest BCUT2D eigenvalue weighted by Crippen LogP contribution is -1.95. The molecule has 0 aliphatic heterocycles. The third kappa shape index (κ3) is 4.06. The average Bonchev–Trinajstić information content (AvgIpc) is 3.84. The lowest BCUT2D eigenvalue weighted by Gasteiger charge is -2.11. The van der Waals surface area contributed by atoms with Gasteiger partial charge in [-0.3, -0.25) is 0 Å². The molecule has 3 heteroatoms. The molecule has 0 saturated carbocycles. The molecule has 0 bridgehead atoms. The largest absolute Gasteiger partial charge is 0.309 e. The molecule has 0 radical (unpaired) electrons. The molecule has 3 nitrogen and oxygen atoms in total. The molecule has 238 valence electrons. The van der Waals surface area contributed by atoms with E-state index in [2.05, 4.69) is 202 Å². The predicted octanol–water partition coefficient (Wildman–Crippen LogP) is 12.6. The molecule has 0 amide bonds. The van der Waals surface area contributed by atoms with Gasteiger partial charge in [-0.25, -0.2) is 0 Å². The smallest absolute Gasteiger partial charge is 0.0641 e. The van der Waals surface area contributed by atoms with Gasteiger partial charge in [-0.1, -0.05) is 121 Å². The van der Waals surface area contributed by atoms with E-state index in [4.69, 9.17) is 0 Å². The quantitative estimate of drug-likeness (QED) is 0.180. The lowest BCUT2D eigenvalue weighted by atomic mass is 10.0. The van der Waals surface area contributed by atoms with Gasteiger partial charge in [-0.2, -0.15) is 0 Å². The van der Waals surface area contributed by atoms with E-state index in [9.17, 15) is 0 Å². The molecule has 0 saturated heterocycles. The summed E-state index contributed by atoms with van der Waals surface area (Å²) in [6, 6.07) is 68.3. The van der Waals surface area contributed by atoms with E-state index in [0.29, 0.717) is 0 Å². The molecule has 8 aromatic carbocycles. The molecule has 11 rings (SSSR count). The minimum atomic E-state index is 1.14. The Labute approximate surface area is 294 Å². The van der Waals surface area contributed by atoms with Crippen LogP contribution in [0.2, 0.25) is 0 Å². The van der Waals surface area contributed by atoms with Gasteiger partial charge in [0.15, 0.2) is 0 Å². The summed E-state index contributed by atoms with van der Waals surface area (Å²) >= 11 is 0. The molecule has 0 aliphatic carbocycles. The summed E-state index contributed by atoms with van der Waals surface area (Å²) < 4.78 is 7.26. The van der Waals surface area contributed by atoms with Gasteiger partial charge >= 0.3 is 0 Å². The van der Waals surface area contributed by atoms with E-state index in [1.54, 1.807) is 0 Å². The third-order valence-electron chi connectivity index (χ3n) is 10.6. The van der Waals surface area contributed by atoms with Crippen LogP contribution in [0.5, 0.6) is 0 Å². The Hall–Kier alpha value is -6.84. The second-order valence-corrected chi connectivity index (χ2v) is 13.4. The highest BCUT2D eigenvalue weighted by Gasteiger charge is 2.21. The molecule has 0 spiro atoms. The van der Waals surface area contributed by atoms with Gasteiger partial charge in [-0.15, -0.1) is 0 Å². The zero-order valence-corrected chi connectivity index (χ0v) is 27.7. The zero-order chi connectivity index (χ0) is 33.5. The first kappa shape index (κ1) is 28.0. The van der Waals surface area contributed by atoms with Crippen molar-refractivity contribution in [3.8, 4) is 28.2 Å². The number of nitrogens with zero attached hydrogens (tertiary/aromatic N) is 3. The van der Waals surface area contributed by atoms with Crippen LogP contribution in [-0.2, 0) is 0 Å². The van der Waals surface area contributed by atoms with Crippen LogP contribution in [0.4, 0.5) is 0 Å². The van der Waals surface area contributed by atoms with E-state index in [1.807, 2.05) is 0 Å². The molecule has 3 aromatic heterocycles. The molecule has 11 aromatic rings. The lowest BCUT2D eigenvalue weighted by molar-refractivity contribution is 1.17. The molecule has 3 heterocycles. The van der Waals surface area contributed by atoms with Gasteiger partial charge < -0.3 is 13.7 Å². The van der Waals surface area contributed by atoms with E-state index in [1.165, 1.54) is 87.9 Å². The van der Waals surface area contributed by atoms with Crippen molar-refractivity contribution in [2.24, 2.45) is 0 Å². The SMILES string of the molecule is c1ccc(-n2c3ccccc3c3ccc(-c4ccc(-n5c6ccccc6c6c5ccc5c7ccccc7n(-c7ccccc7)c56)cc4)cc32)cc1. The number of hydrogen-bond acceptors (Lipinski definition) is 0. The Morgan fingerprint density at radius 2 is 0.706 bits per heavy atom. The van der Waals surface area contributed by atoms with E-state index < -0.39 is 0 Å². The van der Waals surface area contributed by atoms with Crippen molar-refractivity contribution >= 4 is 65.4 Å². The molecule has 0 aliphatic rings. The van der Waals surface area contributed by atoms with Gasteiger partial charge in [0, 0.05) is 49.4 Å². The maximum Gasteiger partial charge on any atom is 0.0641 e. The highest BCUT2D eigenvalue weighted by Crippen LogP contribution is 2.42. The standard InChI is InChI=1S/C48H31N3/c1-3-13-34(14-4-1)50-42-20-10-7-17-37(42)39-28-25-33(31-46(39)50)32-23-26-36(27-24-32)49-44-22-12-9-19-41(44)47-45(49)30-29-40-38-18-8-11-21-43(38)51(48(40)47)35-15-5-2-6-16-35/h1-31H. The monoisotopic (exact) mass is 649 g/mol. The highest BCUT2D eigenvalue weighted by molar-refractivity contribution is 6.26. The van der Waals surface area contributed by atoms with E-state index in [-0.39, 0.29) is 0 Å². The fraction of sp³-hybridized carbons (Fsp3) is 0. The van der Waals surface area contributed by atoms with Crippen LogP contribution in [0.1, 0.15) is 0 Å². The summed E-state index contributed by atoms with van der Waals surface area (Å²) in [6.07, 6.45) is 0. The van der Waals surface area contributed by atoms with Crippen molar-refractivity contribution in [2.75, 3.05) is 0 Å². The van der Waals surface area contributed by atoms with E-state index in [0.717, 1.165) is 5.69 Å². The summed E-state index contributed by atoms with van der Waals surface area (Å²) in [5.74, 6) is 0. The van der Waals surface area contributed by atoms with Crippen molar-refractivity contribution in [1.82, 2.24) is 13.7 Å². The number of fused-ring (bicyclic) bond motifs is 10. The fourth-order valence-electron chi connectivity index (χ4n) is 8.44. The Kier molecular flexibility index (Phi) is 5.96. The van der Waals surface area contributed by atoms with Crippen LogP contribution in [0.3, 0.4) is 0 Å². The first-order valence-corrected chi connectivity index (χ1v) is 17.5. The minimum absolute atomic E-state index is 1.14. The van der Waals surface area contributed by atoms with Crippen LogP contribution < -0.4 is 0 Å². The minimum Gasteiger partial charge on any atom is -0.309 e. The van der Waals surface area contributed by atoms with Gasteiger partial charge in [0.2, 0.25) is 0 Å². The Morgan fingerprint density at radius 1 is 0.255 bits per heavy atom. The van der Waals surface area contributed by atoms with Crippen LogP contribution in [0.25, 0.3) is 93.6 Å². The summed E-state index contributed by atoms with van der Waals surface area (Å²) in [5.41, 5.74) is 13.2. The fourth-order valence-corrected chi connectivity index (χ4v) is 8.44. The molecule has 0 unspecified atom stereocenters. The molecule has 0 atom stereocenters.